The maximum Gasteiger partial charge on any atom is 0.362 e. The number of rotatable bonds is 7. The number of aromatic nitrogens is 2. The Labute approximate surface area is 178 Å². The van der Waals surface area contributed by atoms with Crippen molar-refractivity contribution < 1.29 is 27.5 Å². The van der Waals surface area contributed by atoms with Crippen LogP contribution in [0.3, 0.4) is 0 Å². The Morgan fingerprint density at radius 2 is 1.90 bits per heavy atom. The molecule has 0 aliphatic carbocycles. The number of hydrogen-bond acceptors (Lipinski definition) is 9. The van der Waals surface area contributed by atoms with E-state index in [-0.39, 0.29) is 47.1 Å². The van der Waals surface area contributed by atoms with Crippen LogP contribution in [0.1, 0.15) is 30.3 Å². The summed E-state index contributed by atoms with van der Waals surface area (Å²) in [7, 11) is -2.13. The predicted octanol–water partition coefficient (Wildman–Crippen LogP) is 1.76. The molecule has 1 fully saturated rings. The monoisotopic (exact) mass is 454 g/mol. The van der Waals surface area contributed by atoms with E-state index in [1.54, 1.807) is 19.1 Å². The Morgan fingerprint density at radius 3 is 2.50 bits per heavy atom. The second-order valence-electron chi connectivity index (χ2n) is 6.51. The van der Waals surface area contributed by atoms with Gasteiger partial charge in [-0.2, -0.15) is 4.31 Å². The number of carbonyl (C=O) groups is 2. The number of piperidine rings is 1. The number of hydrogen-bond donors (Lipinski definition) is 1. The van der Waals surface area contributed by atoms with Crippen LogP contribution in [0.2, 0.25) is 0 Å². The highest BCUT2D eigenvalue weighted by molar-refractivity contribution is 7.89. The van der Waals surface area contributed by atoms with Gasteiger partial charge in [-0.1, -0.05) is 4.49 Å². The van der Waals surface area contributed by atoms with Crippen molar-refractivity contribution in [2.75, 3.05) is 32.1 Å². The van der Waals surface area contributed by atoms with Gasteiger partial charge in [0.15, 0.2) is 5.00 Å². The van der Waals surface area contributed by atoms with Gasteiger partial charge in [-0.15, -0.1) is 5.10 Å². The van der Waals surface area contributed by atoms with E-state index in [1.165, 1.54) is 23.5 Å². The van der Waals surface area contributed by atoms with Crippen molar-refractivity contribution in [2.24, 2.45) is 5.92 Å². The van der Waals surface area contributed by atoms with Crippen LogP contribution in [0.4, 0.5) is 5.00 Å². The SMILES string of the molecule is CCOC(=O)c1nnsc1NC(=O)C1CCN(S(=O)(=O)c2ccc(OC)cc2)CC1. The third-order valence-corrected chi connectivity index (χ3v) is 7.27. The maximum atomic E-state index is 12.8. The van der Waals surface area contributed by atoms with Crippen molar-refractivity contribution in [3.05, 3.63) is 30.0 Å². The fourth-order valence-electron chi connectivity index (χ4n) is 3.07. The minimum absolute atomic E-state index is 0.0327. The Bertz CT molecular complexity index is 998. The van der Waals surface area contributed by atoms with E-state index in [0.717, 1.165) is 11.5 Å². The molecule has 0 saturated carbocycles. The lowest BCUT2D eigenvalue weighted by Crippen LogP contribution is -2.41. The van der Waals surface area contributed by atoms with E-state index in [9.17, 15) is 18.0 Å². The van der Waals surface area contributed by atoms with Crippen LogP contribution < -0.4 is 10.1 Å². The molecule has 1 saturated heterocycles. The van der Waals surface area contributed by atoms with Crippen LogP contribution in [0.25, 0.3) is 0 Å². The summed E-state index contributed by atoms with van der Waals surface area (Å²) in [6.45, 7) is 2.30. The Hall–Kier alpha value is -2.57. The summed E-state index contributed by atoms with van der Waals surface area (Å²) in [5.74, 6) is -0.761. The van der Waals surface area contributed by atoms with Crippen molar-refractivity contribution in [1.82, 2.24) is 13.9 Å². The van der Waals surface area contributed by atoms with E-state index in [0.29, 0.717) is 18.6 Å². The first-order chi connectivity index (χ1) is 14.4. The number of carbonyl (C=O) groups excluding carboxylic acids is 2. The molecule has 10 nitrogen and oxygen atoms in total. The van der Waals surface area contributed by atoms with Crippen molar-refractivity contribution in [3.8, 4) is 5.75 Å². The summed E-state index contributed by atoms with van der Waals surface area (Å²) < 4.78 is 40.7. The molecule has 30 heavy (non-hydrogen) atoms. The number of ether oxygens (including phenoxy) is 2. The first-order valence-electron chi connectivity index (χ1n) is 9.31. The van der Waals surface area contributed by atoms with Crippen molar-refractivity contribution >= 4 is 38.4 Å². The number of amides is 1. The summed E-state index contributed by atoms with van der Waals surface area (Å²) >= 11 is 0.891. The molecule has 0 spiro atoms. The van der Waals surface area contributed by atoms with Gasteiger partial charge in [0.25, 0.3) is 0 Å². The molecule has 162 valence electrons. The molecule has 1 aliphatic rings. The zero-order valence-electron chi connectivity index (χ0n) is 16.5. The summed E-state index contributed by atoms with van der Waals surface area (Å²) in [6, 6.07) is 6.19. The van der Waals surface area contributed by atoms with Gasteiger partial charge >= 0.3 is 5.97 Å². The molecule has 1 aliphatic heterocycles. The third kappa shape index (κ3) is 4.77. The molecule has 1 N–H and O–H groups in total. The van der Waals surface area contributed by atoms with E-state index in [1.807, 2.05) is 0 Å². The molecule has 0 radical (unpaired) electrons. The van der Waals surface area contributed by atoms with Gasteiger partial charge in [-0.3, -0.25) is 4.79 Å². The Kier molecular flexibility index (Phi) is 7.00. The molecule has 3 rings (SSSR count). The van der Waals surface area contributed by atoms with Gasteiger partial charge < -0.3 is 14.8 Å². The van der Waals surface area contributed by atoms with Crippen LogP contribution in [0, 0.1) is 5.92 Å². The van der Waals surface area contributed by atoms with Crippen molar-refractivity contribution in [1.29, 1.82) is 0 Å². The topological polar surface area (TPSA) is 128 Å². The average Bonchev–Trinajstić information content (AvgIpc) is 3.22. The lowest BCUT2D eigenvalue weighted by Gasteiger charge is -2.30. The fraction of sp³-hybridized carbons (Fsp3) is 0.444. The van der Waals surface area contributed by atoms with Crippen molar-refractivity contribution in [2.45, 2.75) is 24.7 Å². The number of methoxy groups -OCH3 is 1. The lowest BCUT2D eigenvalue weighted by atomic mass is 9.97. The molecule has 1 aromatic heterocycles. The second kappa shape index (κ2) is 9.49. The van der Waals surface area contributed by atoms with Crippen LogP contribution >= 0.6 is 11.5 Å². The van der Waals surface area contributed by atoms with Gasteiger partial charge in [-0.05, 0) is 44.0 Å². The molecule has 1 aromatic carbocycles. The van der Waals surface area contributed by atoms with Crippen LogP contribution in [-0.4, -0.2) is 61.0 Å². The summed E-state index contributed by atoms with van der Waals surface area (Å²) in [5, 5.41) is 6.60. The Morgan fingerprint density at radius 1 is 1.23 bits per heavy atom. The van der Waals surface area contributed by atoms with E-state index in [4.69, 9.17) is 9.47 Å². The molecule has 1 amide bonds. The van der Waals surface area contributed by atoms with Gasteiger partial charge in [0.1, 0.15) is 5.75 Å². The molecule has 2 aromatic rings. The van der Waals surface area contributed by atoms with Crippen molar-refractivity contribution in [3.63, 3.8) is 0 Å². The summed E-state index contributed by atoms with van der Waals surface area (Å²) in [5.41, 5.74) is -0.0327. The van der Waals surface area contributed by atoms with Gasteiger partial charge in [0.2, 0.25) is 21.6 Å². The smallest absolute Gasteiger partial charge is 0.362 e. The highest BCUT2D eigenvalue weighted by atomic mass is 32.2. The number of esters is 1. The van der Waals surface area contributed by atoms with Gasteiger partial charge in [0, 0.05) is 30.5 Å². The first kappa shape index (κ1) is 22.1. The lowest BCUT2D eigenvalue weighted by molar-refractivity contribution is -0.120. The number of anilines is 1. The first-order valence-corrected chi connectivity index (χ1v) is 11.5. The predicted molar refractivity (Wildman–Crippen MR) is 109 cm³/mol. The van der Waals surface area contributed by atoms with Gasteiger partial charge in [-0.25, -0.2) is 13.2 Å². The van der Waals surface area contributed by atoms with Crippen LogP contribution in [0.15, 0.2) is 29.2 Å². The van der Waals surface area contributed by atoms with E-state index in [2.05, 4.69) is 14.9 Å². The number of sulfonamides is 1. The maximum absolute atomic E-state index is 12.8. The average molecular weight is 455 g/mol. The molecule has 12 heteroatoms. The third-order valence-electron chi connectivity index (χ3n) is 4.72. The fourth-order valence-corrected chi connectivity index (χ4v) is 5.11. The van der Waals surface area contributed by atoms with E-state index < -0.39 is 16.0 Å². The quantitative estimate of drug-likeness (QED) is 0.627. The number of benzene rings is 1. The molecular weight excluding hydrogens is 432 g/mol. The Balaban J connectivity index is 1.60. The minimum atomic E-state index is -3.64. The highest BCUT2D eigenvalue weighted by Gasteiger charge is 2.33. The zero-order valence-corrected chi connectivity index (χ0v) is 18.2. The van der Waals surface area contributed by atoms with Crippen LogP contribution in [0.5, 0.6) is 5.75 Å². The molecule has 2 heterocycles. The summed E-state index contributed by atoms with van der Waals surface area (Å²) in [4.78, 5) is 24.6. The standard InChI is InChI=1S/C18H22N4O6S2/c1-3-28-18(24)15-17(29-21-20-15)19-16(23)12-8-10-22(11-9-12)30(25,26)14-6-4-13(27-2)5-7-14/h4-7,12H,3,8-11H2,1-2H3,(H,19,23). The molecule has 0 atom stereocenters. The normalized spacial score (nSPS) is 15.5. The van der Waals surface area contributed by atoms with Gasteiger partial charge in [0.05, 0.1) is 18.6 Å². The summed E-state index contributed by atoms with van der Waals surface area (Å²) in [6.07, 6.45) is 0.727. The molecule has 0 unspecified atom stereocenters. The molecule has 0 bridgehead atoms. The zero-order chi connectivity index (χ0) is 21.7. The second-order valence-corrected chi connectivity index (χ2v) is 9.21. The molecular formula is C18H22N4O6S2. The number of nitrogens with one attached hydrogen (secondary N) is 1. The van der Waals surface area contributed by atoms with E-state index >= 15 is 0 Å². The number of nitrogens with zero attached hydrogens (tertiary/aromatic N) is 3. The largest absolute Gasteiger partial charge is 0.497 e. The minimum Gasteiger partial charge on any atom is -0.497 e. The van der Waals surface area contributed by atoms with Crippen LogP contribution in [-0.2, 0) is 19.6 Å². The highest BCUT2D eigenvalue weighted by Crippen LogP contribution is 2.27.